The Bertz CT molecular complexity index is 209. The van der Waals surface area contributed by atoms with Gasteiger partial charge in [0.2, 0.25) is 0 Å². The monoisotopic (exact) mass is 179 g/mol. The molecule has 0 fully saturated rings. The smallest absolute Gasteiger partial charge is 0.0277 e. The van der Waals surface area contributed by atoms with E-state index in [1.54, 1.807) is 0 Å². The number of aliphatic imine (C=N–C) groups is 1. The maximum absolute atomic E-state index is 4.04. The van der Waals surface area contributed by atoms with Gasteiger partial charge in [0.05, 0.1) is 0 Å². The summed E-state index contributed by atoms with van der Waals surface area (Å²) in [6.45, 7) is 10.3. The summed E-state index contributed by atoms with van der Waals surface area (Å²) in [5.41, 5.74) is 2.57. The summed E-state index contributed by atoms with van der Waals surface area (Å²) >= 11 is 0. The molecule has 0 radical (unpaired) electrons. The van der Waals surface area contributed by atoms with Gasteiger partial charge in [0.25, 0.3) is 0 Å². The van der Waals surface area contributed by atoms with E-state index in [1.165, 1.54) is 11.1 Å². The van der Waals surface area contributed by atoms with Crippen molar-refractivity contribution in [3.8, 4) is 0 Å². The fraction of sp³-hybridized carbons (Fsp3) is 0.583. The highest BCUT2D eigenvalue weighted by atomic mass is 14.6. The molecule has 0 aromatic heterocycles. The summed E-state index contributed by atoms with van der Waals surface area (Å²) in [6.07, 6.45) is 6.36. The van der Waals surface area contributed by atoms with Crippen LogP contribution in [-0.2, 0) is 0 Å². The second kappa shape index (κ2) is 6.64. The van der Waals surface area contributed by atoms with Gasteiger partial charge >= 0.3 is 0 Å². The summed E-state index contributed by atoms with van der Waals surface area (Å²) in [7, 11) is 1.81. The average Bonchev–Trinajstić information content (AvgIpc) is 2.02. The van der Waals surface area contributed by atoms with Crippen molar-refractivity contribution < 1.29 is 0 Å². The molecule has 13 heavy (non-hydrogen) atoms. The Labute approximate surface area is 82.3 Å². The summed E-state index contributed by atoms with van der Waals surface area (Å²) in [4.78, 5) is 4.04. The van der Waals surface area contributed by atoms with E-state index >= 15 is 0 Å². The van der Waals surface area contributed by atoms with Gasteiger partial charge < -0.3 is 0 Å². The molecule has 0 unspecified atom stereocenters. The molecule has 74 valence electrons. The average molecular weight is 179 g/mol. The summed E-state index contributed by atoms with van der Waals surface area (Å²) in [5.74, 6) is 0.564. The Morgan fingerprint density at radius 2 is 2.08 bits per heavy atom. The molecule has 0 amide bonds. The first-order valence-electron chi connectivity index (χ1n) is 4.84. The Balaban J connectivity index is 4.12. The van der Waals surface area contributed by atoms with Crippen molar-refractivity contribution in [2.75, 3.05) is 7.05 Å². The molecule has 0 atom stereocenters. The largest absolute Gasteiger partial charge is 0.296 e. The number of nitrogens with zero attached hydrogens (tertiary/aromatic N) is 1. The predicted molar refractivity (Wildman–Crippen MR) is 61.4 cm³/mol. The highest BCUT2D eigenvalue weighted by Gasteiger charge is 1.98. The van der Waals surface area contributed by atoms with E-state index in [1.807, 2.05) is 13.3 Å². The minimum Gasteiger partial charge on any atom is -0.296 e. The molecule has 0 heterocycles. The summed E-state index contributed by atoms with van der Waals surface area (Å²) in [6, 6.07) is 0. The zero-order valence-corrected chi connectivity index (χ0v) is 9.30. The van der Waals surface area contributed by atoms with Crippen LogP contribution in [0.4, 0.5) is 0 Å². The third-order valence-corrected chi connectivity index (χ3v) is 1.90. The van der Waals surface area contributed by atoms with Crippen LogP contribution in [0, 0.1) is 5.92 Å². The lowest BCUT2D eigenvalue weighted by atomic mass is 10.0. The van der Waals surface area contributed by atoms with Crippen LogP contribution < -0.4 is 0 Å². The molecule has 0 saturated heterocycles. The fourth-order valence-corrected chi connectivity index (χ4v) is 1.07. The molecule has 0 rings (SSSR count). The number of rotatable bonds is 5. The van der Waals surface area contributed by atoms with Gasteiger partial charge in [-0.25, -0.2) is 0 Å². The Hall–Kier alpha value is -0.850. The lowest BCUT2D eigenvalue weighted by Gasteiger charge is -2.05. The van der Waals surface area contributed by atoms with Crippen LogP contribution in [0.1, 0.15) is 33.6 Å². The van der Waals surface area contributed by atoms with E-state index in [0.717, 1.165) is 12.8 Å². The highest BCUT2D eigenvalue weighted by molar-refractivity contribution is 5.78. The Kier molecular flexibility index (Phi) is 6.21. The van der Waals surface area contributed by atoms with Gasteiger partial charge in [0.1, 0.15) is 0 Å². The molecule has 0 spiro atoms. The normalized spacial score (nSPS) is 12.8. The molecule has 0 N–H and O–H groups in total. The maximum atomic E-state index is 4.04. The first-order chi connectivity index (χ1) is 6.07. The topological polar surface area (TPSA) is 12.4 Å². The van der Waals surface area contributed by atoms with Crippen molar-refractivity contribution in [1.82, 2.24) is 0 Å². The van der Waals surface area contributed by atoms with Crippen LogP contribution in [0.3, 0.4) is 0 Å². The lowest BCUT2D eigenvalue weighted by Crippen LogP contribution is -1.95. The predicted octanol–water partition coefficient (Wildman–Crippen LogP) is 3.63. The van der Waals surface area contributed by atoms with Gasteiger partial charge in [0.15, 0.2) is 0 Å². The molecule has 0 bridgehead atoms. The standard InChI is InChI=1S/C12H21N/c1-10(2)7-6-8-12(9-13-5)11(3)4/h8-9,11H,1,6-7H2,2-5H3/b12-8+,13-9?. The molecule has 1 heteroatoms. The van der Waals surface area contributed by atoms with Gasteiger partial charge in [-0.2, -0.15) is 0 Å². The van der Waals surface area contributed by atoms with E-state index in [2.05, 4.69) is 38.4 Å². The van der Waals surface area contributed by atoms with E-state index < -0.39 is 0 Å². The van der Waals surface area contributed by atoms with Crippen molar-refractivity contribution in [2.24, 2.45) is 10.9 Å². The Morgan fingerprint density at radius 3 is 2.46 bits per heavy atom. The third-order valence-electron chi connectivity index (χ3n) is 1.90. The van der Waals surface area contributed by atoms with Crippen molar-refractivity contribution in [1.29, 1.82) is 0 Å². The molecule has 0 saturated carbocycles. The van der Waals surface area contributed by atoms with Gasteiger partial charge in [-0.1, -0.05) is 25.5 Å². The maximum Gasteiger partial charge on any atom is 0.0277 e. The van der Waals surface area contributed by atoms with Crippen LogP contribution >= 0.6 is 0 Å². The zero-order chi connectivity index (χ0) is 10.3. The van der Waals surface area contributed by atoms with Crippen LogP contribution in [0.15, 0.2) is 28.8 Å². The second-order valence-electron chi connectivity index (χ2n) is 3.74. The SMILES string of the molecule is C=C(C)CC/C=C(\C=NC)C(C)C. The molecule has 0 aliphatic rings. The van der Waals surface area contributed by atoms with Gasteiger partial charge in [0, 0.05) is 13.3 Å². The van der Waals surface area contributed by atoms with Crippen molar-refractivity contribution in [2.45, 2.75) is 33.6 Å². The van der Waals surface area contributed by atoms with Gasteiger partial charge in [-0.05, 0) is 31.3 Å². The summed E-state index contributed by atoms with van der Waals surface area (Å²) < 4.78 is 0. The molecule has 0 aliphatic heterocycles. The minimum atomic E-state index is 0.564. The molecular formula is C12H21N. The quantitative estimate of drug-likeness (QED) is 0.451. The number of hydrogen-bond donors (Lipinski definition) is 0. The molecule has 1 nitrogen and oxygen atoms in total. The third kappa shape index (κ3) is 6.32. The van der Waals surface area contributed by atoms with E-state index in [-0.39, 0.29) is 0 Å². The first kappa shape index (κ1) is 12.2. The first-order valence-corrected chi connectivity index (χ1v) is 4.84. The summed E-state index contributed by atoms with van der Waals surface area (Å²) in [5, 5.41) is 0. The number of allylic oxidation sites excluding steroid dienone is 3. The van der Waals surface area contributed by atoms with Crippen LogP contribution in [0.5, 0.6) is 0 Å². The second-order valence-corrected chi connectivity index (χ2v) is 3.74. The van der Waals surface area contributed by atoms with Gasteiger partial charge in [-0.15, -0.1) is 6.58 Å². The van der Waals surface area contributed by atoms with E-state index in [4.69, 9.17) is 0 Å². The van der Waals surface area contributed by atoms with Crippen molar-refractivity contribution >= 4 is 6.21 Å². The minimum absolute atomic E-state index is 0.564. The van der Waals surface area contributed by atoms with E-state index in [0.29, 0.717) is 5.92 Å². The molecule has 0 aromatic rings. The van der Waals surface area contributed by atoms with Crippen molar-refractivity contribution in [3.05, 3.63) is 23.8 Å². The fourth-order valence-electron chi connectivity index (χ4n) is 1.07. The Morgan fingerprint density at radius 1 is 1.46 bits per heavy atom. The van der Waals surface area contributed by atoms with Crippen molar-refractivity contribution in [3.63, 3.8) is 0 Å². The highest BCUT2D eigenvalue weighted by Crippen LogP contribution is 2.10. The van der Waals surface area contributed by atoms with Crippen LogP contribution in [0.25, 0.3) is 0 Å². The molecular weight excluding hydrogens is 158 g/mol. The van der Waals surface area contributed by atoms with Crippen LogP contribution in [-0.4, -0.2) is 13.3 Å². The molecule has 0 aliphatic carbocycles. The molecule has 0 aromatic carbocycles. The number of hydrogen-bond acceptors (Lipinski definition) is 1. The van der Waals surface area contributed by atoms with E-state index in [9.17, 15) is 0 Å². The lowest BCUT2D eigenvalue weighted by molar-refractivity contribution is 0.795. The van der Waals surface area contributed by atoms with Gasteiger partial charge in [-0.3, -0.25) is 4.99 Å². The van der Waals surface area contributed by atoms with Crippen LogP contribution in [0.2, 0.25) is 0 Å². The zero-order valence-electron chi connectivity index (χ0n) is 9.30.